The van der Waals surface area contributed by atoms with E-state index in [4.69, 9.17) is 0 Å². The molecule has 0 aliphatic carbocycles. The molecule has 0 aliphatic heterocycles. The summed E-state index contributed by atoms with van der Waals surface area (Å²) < 4.78 is 4.23. The van der Waals surface area contributed by atoms with Crippen LogP contribution in [0.4, 0.5) is 0 Å². The largest absolute Gasteiger partial charge is 0.354 e. The highest BCUT2D eigenvalue weighted by molar-refractivity contribution is 5.15. The molecule has 2 rings (SSSR count). The molecule has 0 saturated carbocycles. The van der Waals surface area contributed by atoms with Crippen LogP contribution in [-0.2, 0) is 20.0 Å². The molecule has 0 fully saturated rings. The van der Waals surface area contributed by atoms with Gasteiger partial charge < -0.3 is 9.88 Å². The van der Waals surface area contributed by atoms with E-state index in [-0.39, 0.29) is 0 Å². The third kappa shape index (κ3) is 3.73. The van der Waals surface area contributed by atoms with Gasteiger partial charge in [0.1, 0.15) is 0 Å². The third-order valence-electron chi connectivity index (χ3n) is 3.75. The molecule has 1 N–H and O–H groups in total. The fraction of sp³-hybridized carbons (Fsp3) is 0.562. The summed E-state index contributed by atoms with van der Waals surface area (Å²) in [5.74, 6) is 0. The first-order valence-corrected chi connectivity index (χ1v) is 7.60. The average molecular weight is 274 g/mol. The summed E-state index contributed by atoms with van der Waals surface area (Å²) in [7, 11) is 2.00. The van der Waals surface area contributed by atoms with E-state index in [1.807, 2.05) is 17.9 Å². The molecule has 0 spiro atoms. The van der Waals surface area contributed by atoms with Crippen LogP contribution in [0.2, 0.25) is 0 Å². The van der Waals surface area contributed by atoms with E-state index >= 15 is 0 Å². The van der Waals surface area contributed by atoms with Gasteiger partial charge in [-0.2, -0.15) is 5.10 Å². The molecule has 1 unspecified atom stereocenters. The normalized spacial score (nSPS) is 12.8. The van der Waals surface area contributed by atoms with Gasteiger partial charge in [-0.1, -0.05) is 20.3 Å². The second-order valence-electron chi connectivity index (χ2n) is 5.28. The Balaban J connectivity index is 1.95. The van der Waals surface area contributed by atoms with Crippen molar-refractivity contribution in [2.75, 3.05) is 6.54 Å². The van der Waals surface area contributed by atoms with E-state index in [9.17, 15) is 0 Å². The minimum Gasteiger partial charge on any atom is -0.354 e. The highest BCUT2D eigenvalue weighted by Crippen LogP contribution is 2.19. The van der Waals surface area contributed by atoms with Crippen molar-refractivity contribution in [2.24, 2.45) is 7.05 Å². The lowest BCUT2D eigenvalue weighted by Crippen LogP contribution is -2.20. The lowest BCUT2D eigenvalue weighted by Gasteiger charge is -2.15. The monoisotopic (exact) mass is 274 g/mol. The van der Waals surface area contributed by atoms with Gasteiger partial charge in [-0.15, -0.1) is 0 Å². The number of hydrogen-bond acceptors (Lipinski definition) is 2. The average Bonchev–Trinajstić information content (AvgIpc) is 3.05. The fourth-order valence-corrected chi connectivity index (χ4v) is 2.62. The SMILES string of the molecule is CCCC(NCC)c1ccn(CCc2ccnn2C)c1. The second-order valence-corrected chi connectivity index (χ2v) is 5.28. The zero-order chi connectivity index (χ0) is 14.4. The molecule has 4 nitrogen and oxygen atoms in total. The van der Waals surface area contributed by atoms with Gasteiger partial charge in [0, 0.05) is 50.3 Å². The number of rotatable bonds is 8. The highest BCUT2D eigenvalue weighted by atomic mass is 15.3. The van der Waals surface area contributed by atoms with Crippen molar-refractivity contribution in [3.8, 4) is 0 Å². The molecule has 0 amide bonds. The van der Waals surface area contributed by atoms with Crippen LogP contribution in [0.3, 0.4) is 0 Å². The molecular formula is C16H26N4. The second kappa shape index (κ2) is 7.29. The number of nitrogens with one attached hydrogen (secondary N) is 1. The summed E-state index contributed by atoms with van der Waals surface area (Å²) in [5.41, 5.74) is 2.68. The summed E-state index contributed by atoms with van der Waals surface area (Å²) >= 11 is 0. The zero-order valence-electron chi connectivity index (χ0n) is 12.8. The molecule has 0 aromatic carbocycles. The van der Waals surface area contributed by atoms with Gasteiger partial charge >= 0.3 is 0 Å². The van der Waals surface area contributed by atoms with E-state index in [2.05, 4.69) is 53.4 Å². The summed E-state index contributed by atoms with van der Waals surface area (Å²) in [6.07, 6.45) is 9.74. The third-order valence-corrected chi connectivity index (χ3v) is 3.75. The lowest BCUT2D eigenvalue weighted by atomic mass is 10.1. The van der Waals surface area contributed by atoms with Crippen LogP contribution < -0.4 is 5.32 Å². The minimum atomic E-state index is 0.489. The number of aryl methyl sites for hydroxylation is 3. The first-order chi connectivity index (χ1) is 9.74. The van der Waals surface area contributed by atoms with E-state index in [0.717, 1.165) is 19.5 Å². The standard InChI is InChI=1S/C16H26N4/c1-4-6-16(17-5-2)14-8-11-20(13-14)12-9-15-7-10-18-19(15)3/h7-8,10-11,13,16-17H,4-6,9,12H2,1-3H3. The molecule has 2 heterocycles. The minimum absolute atomic E-state index is 0.489. The van der Waals surface area contributed by atoms with E-state index in [1.165, 1.54) is 24.1 Å². The molecule has 0 aliphatic rings. The van der Waals surface area contributed by atoms with Crippen LogP contribution in [0.1, 0.15) is 44.0 Å². The Labute approximate surface area is 121 Å². The number of aromatic nitrogens is 3. The van der Waals surface area contributed by atoms with E-state index < -0.39 is 0 Å². The van der Waals surface area contributed by atoms with E-state index in [1.54, 1.807) is 0 Å². The van der Waals surface area contributed by atoms with Crippen molar-refractivity contribution >= 4 is 0 Å². The van der Waals surface area contributed by atoms with Gasteiger partial charge in [0.25, 0.3) is 0 Å². The van der Waals surface area contributed by atoms with Crippen LogP contribution in [-0.4, -0.2) is 20.9 Å². The number of hydrogen-bond donors (Lipinski definition) is 1. The molecule has 4 heteroatoms. The van der Waals surface area contributed by atoms with Gasteiger partial charge in [-0.25, -0.2) is 0 Å². The van der Waals surface area contributed by atoms with Crippen molar-refractivity contribution in [3.63, 3.8) is 0 Å². The van der Waals surface area contributed by atoms with Gasteiger partial charge in [-0.3, -0.25) is 4.68 Å². The molecule has 0 radical (unpaired) electrons. The maximum absolute atomic E-state index is 4.21. The van der Waals surface area contributed by atoms with Crippen molar-refractivity contribution < 1.29 is 0 Å². The Bertz CT molecular complexity index is 506. The van der Waals surface area contributed by atoms with Gasteiger partial charge in [0.2, 0.25) is 0 Å². The summed E-state index contributed by atoms with van der Waals surface area (Å²) in [5, 5.41) is 7.77. The van der Waals surface area contributed by atoms with Gasteiger partial charge in [0.15, 0.2) is 0 Å². The van der Waals surface area contributed by atoms with E-state index in [0.29, 0.717) is 6.04 Å². The fourth-order valence-electron chi connectivity index (χ4n) is 2.62. The molecule has 0 bridgehead atoms. The van der Waals surface area contributed by atoms with Crippen molar-refractivity contribution in [3.05, 3.63) is 42.0 Å². The zero-order valence-corrected chi connectivity index (χ0v) is 12.8. The molecule has 1 atom stereocenters. The smallest absolute Gasteiger partial charge is 0.0492 e. The van der Waals surface area contributed by atoms with Crippen LogP contribution in [0.5, 0.6) is 0 Å². The van der Waals surface area contributed by atoms with Crippen LogP contribution in [0, 0.1) is 0 Å². The number of nitrogens with zero attached hydrogens (tertiary/aromatic N) is 3. The van der Waals surface area contributed by atoms with Crippen molar-refractivity contribution in [2.45, 2.75) is 45.7 Å². The highest BCUT2D eigenvalue weighted by Gasteiger charge is 2.10. The van der Waals surface area contributed by atoms with Crippen LogP contribution in [0.25, 0.3) is 0 Å². The Kier molecular flexibility index (Phi) is 5.41. The Morgan fingerprint density at radius 3 is 2.80 bits per heavy atom. The Morgan fingerprint density at radius 1 is 1.30 bits per heavy atom. The summed E-state index contributed by atoms with van der Waals surface area (Å²) in [6, 6.07) is 4.82. The first kappa shape index (κ1) is 14.9. The molecule has 2 aromatic heterocycles. The Hall–Kier alpha value is -1.55. The lowest BCUT2D eigenvalue weighted by molar-refractivity contribution is 0.508. The quantitative estimate of drug-likeness (QED) is 0.803. The van der Waals surface area contributed by atoms with Crippen molar-refractivity contribution in [1.82, 2.24) is 19.7 Å². The molecule has 2 aromatic rings. The van der Waals surface area contributed by atoms with Crippen LogP contribution >= 0.6 is 0 Å². The summed E-state index contributed by atoms with van der Waals surface area (Å²) in [4.78, 5) is 0. The predicted octanol–water partition coefficient (Wildman–Crippen LogP) is 2.92. The molecule has 110 valence electrons. The van der Waals surface area contributed by atoms with Crippen LogP contribution in [0.15, 0.2) is 30.7 Å². The molecule has 0 saturated heterocycles. The predicted molar refractivity (Wildman–Crippen MR) is 82.7 cm³/mol. The maximum Gasteiger partial charge on any atom is 0.0492 e. The Morgan fingerprint density at radius 2 is 2.15 bits per heavy atom. The topological polar surface area (TPSA) is 34.8 Å². The van der Waals surface area contributed by atoms with Gasteiger partial charge in [-0.05, 0) is 30.7 Å². The molecular weight excluding hydrogens is 248 g/mol. The van der Waals surface area contributed by atoms with Crippen molar-refractivity contribution in [1.29, 1.82) is 0 Å². The molecule has 20 heavy (non-hydrogen) atoms. The first-order valence-electron chi connectivity index (χ1n) is 7.60. The van der Waals surface area contributed by atoms with Gasteiger partial charge in [0.05, 0.1) is 0 Å². The summed E-state index contributed by atoms with van der Waals surface area (Å²) in [6.45, 7) is 6.43. The maximum atomic E-state index is 4.21.